The Kier molecular flexibility index (Phi) is 3.08. The molecule has 4 fully saturated rings. The van der Waals surface area contributed by atoms with Gasteiger partial charge < -0.3 is 9.47 Å². The number of rotatable bonds is 0. The number of allylic oxidation sites excluding steroid dienone is 4. The highest BCUT2D eigenvalue weighted by atomic mass is 16.7. The lowest BCUT2D eigenvalue weighted by molar-refractivity contribution is -0.241. The normalized spacial score (nSPS) is 48.8. The quantitative estimate of drug-likeness (QED) is 0.673. The number of carbonyl (C=O) groups is 1. The van der Waals surface area contributed by atoms with E-state index < -0.39 is 0 Å². The van der Waals surface area contributed by atoms with Crippen LogP contribution in [0.25, 0.3) is 0 Å². The van der Waals surface area contributed by atoms with Crippen molar-refractivity contribution in [3.63, 3.8) is 0 Å². The summed E-state index contributed by atoms with van der Waals surface area (Å²) in [6.45, 7) is 6.31. The Morgan fingerprint density at radius 3 is 2.58 bits per heavy atom. The van der Waals surface area contributed by atoms with Gasteiger partial charge in [-0.15, -0.1) is 0 Å². The van der Waals surface area contributed by atoms with Crippen molar-refractivity contribution in [2.45, 2.75) is 58.2 Å². The van der Waals surface area contributed by atoms with Crippen molar-refractivity contribution in [1.29, 1.82) is 0 Å². The summed E-state index contributed by atoms with van der Waals surface area (Å²) in [6, 6.07) is 0. The molecular formula is C21H28O3. The van der Waals surface area contributed by atoms with Crippen LogP contribution >= 0.6 is 0 Å². The van der Waals surface area contributed by atoms with Crippen LogP contribution in [0.2, 0.25) is 0 Å². The average molecular weight is 328 g/mol. The van der Waals surface area contributed by atoms with Crippen LogP contribution in [-0.2, 0) is 14.3 Å². The highest BCUT2D eigenvalue weighted by Crippen LogP contribution is 2.68. The summed E-state index contributed by atoms with van der Waals surface area (Å²) in [4.78, 5) is 11.8. The van der Waals surface area contributed by atoms with Crippen molar-refractivity contribution in [3.05, 3.63) is 23.8 Å². The lowest BCUT2D eigenvalue weighted by atomic mass is 9.48. The van der Waals surface area contributed by atoms with Gasteiger partial charge in [0.05, 0.1) is 13.2 Å². The van der Waals surface area contributed by atoms with Gasteiger partial charge in [0.2, 0.25) is 0 Å². The van der Waals surface area contributed by atoms with E-state index in [1.165, 1.54) is 31.3 Å². The molecule has 0 amide bonds. The maximum atomic E-state index is 11.8. The predicted octanol–water partition coefficient (Wildman–Crippen LogP) is 4.04. The van der Waals surface area contributed by atoms with Crippen molar-refractivity contribution >= 4 is 5.78 Å². The van der Waals surface area contributed by atoms with E-state index in [4.69, 9.17) is 9.47 Å². The van der Waals surface area contributed by atoms with E-state index in [0.717, 1.165) is 32.0 Å². The van der Waals surface area contributed by atoms with Crippen LogP contribution in [-0.4, -0.2) is 24.8 Å². The smallest absolute Gasteiger partial charge is 0.178 e. The van der Waals surface area contributed by atoms with Crippen LogP contribution in [0.1, 0.15) is 52.4 Å². The lowest BCUT2D eigenvalue weighted by Gasteiger charge is -2.57. The van der Waals surface area contributed by atoms with Gasteiger partial charge >= 0.3 is 0 Å². The predicted molar refractivity (Wildman–Crippen MR) is 91.3 cm³/mol. The van der Waals surface area contributed by atoms with E-state index in [-0.39, 0.29) is 22.4 Å². The molecule has 1 saturated heterocycles. The minimum Gasteiger partial charge on any atom is -0.347 e. The molecule has 0 radical (unpaired) electrons. The summed E-state index contributed by atoms with van der Waals surface area (Å²) in [5.41, 5.74) is 1.63. The number of hydrogen-bond acceptors (Lipinski definition) is 3. The summed E-state index contributed by atoms with van der Waals surface area (Å²) in [5.74, 6) is 1.96. The van der Waals surface area contributed by atoms with E-state index in [1.54, 1.807) is 6.08 Å². The fourth-order valence-corrected chi connectivity index (χ4v) is 7.08. The van der Waals surface area contributed by atoms with Crippen molar-refractivity contribution < 1.29 is 14.3 Å². The highest BCUT2D eigenvalue weighted by molar-refractivity contribution is 6.01. The molecule has 0 unspecified atom stereocenters. The molecule has 3 nitrogen and oxygen atoms in total. The molecule has 1 aliphatic heterocycles. The van der Waals surface area contributed by atoms with E-state index in [1.807, 2.05) is 6.08 Å². The molecule has 0 aromatic rings. The third-order valence-electron chi connectivity index (χ3n) is 8.35. The first-order chi connectivity index (χ1) is 11.5. The molecule has 0 aromatic heterocycles. The van der Waals surface area contributed by atoms with Gasteiger partial charge in [-0.05, 0) is 62.0 Å². The number of hydrogen-bond donors (Lipinski definition) is 0. The Labute approximate surface area is 144 Å². The first kappa shape index (κ1) is 15.3. The number of carbonyl (C=O) groups excluding carboxylic acids is 1. The van der Waals surface area contributed by atoms with Gasteiger partial charge in [0.25, 0.3) is 0 Å². The first-order valence-electron chi connectivity index (χ1n) is 9.71. The fraction of sp³-hybridized carbons (Fsp3) is 0.762. The minimum atomic E-state index is -0.308. The van der Waals surface area contributed by atoms with Crippen LogP contribution in [0.5, 0.6) is 0 Å². The Balaban J connectivity index is 1.51. The third kappa shape index (κ3) is 1.73. The number of ether oxygens (including phenoxy) is 2. The van der Waals surface area contributed by atoms with Gasteiger partial charge in [-0.3, -0.25) is 4.79 Å². The van der Waals surface area contributed by atoms with Crippen molar-refractivity contribution in [2.75, 3.05) is 13.2 Å². The zero-order valence-electron chi connectivity index (χ0n) is 14.8. The third-order valence-corrected chi connectivity index (χ3v) is 8.35. The van der Waals surface area contributed by atoms with E-state index in [0.29, 0.717) is 11.8 Å². The molecule has 0 bridgehead atoms. The van der Waals surface area contributed by atoms with Crippen LogP contribution in [0.15, 0.2) is 23.8 Å². The van der Waals surface area contributed by atoms with Crippen LogP contribution in [0.4, 0.5) is 0 Å². The van der Waals surface area contributed by atoms with Gasteiger partial charge in [-0.25, -0.2) is 0 Å². The van der Waals surface area contributed by atoms with Crippen molar-refractivity contribution in [3.8, 4) is 0 Å². The largest absolute Gasteiger partial charge is 0.347 e. The van der Waals surface area contributed by atoms with Crippen LogP contribution in [0.3, 0.4) is 0 Å². The average Bonchev–Trinajstić information content (AvgIpc) is 3.15. The van der Waals surface area contributed by atoms with Crippen LogP contribution in [0, 0.1) is 28.6 Å². The SMILES string of the molecule is C[C@]12CC[C@@H]3[C@H](CCC4=CC(=O)C=C[C@]43C)[C@H]1CCC21OCCO1. The molecule has 3 saturated carbocycles. The topological polar surface area (TPSA) is 35.5 Å². The lowest BCUT2D eigenvalue weighted by Crippen LogP contribution is -2.54. The van der Waals surface area contributed by atoms with Gasteiger partial charge in [0.1, 0.15) is 0 Å². The maximum Gasteiger partial charge on any atom is 0.178 e. The second-order valence-electron chi connectivity index (χ2n) is 9.05. The summed E-state index contributed by atoms with van der Waals surface area (Å²) >= 11 is 0. The van der Waals surface area contributed by atoms with Gasteiger partial charge in [0.15, 0.2) is 11.6 Å². The Morgan fingerprint density at radius 1 is 1.04 bits per heavy atom. The standard InChI is InChI=1S/C21H28O3/c1-19-8-5-15(22)13-14(19)3-4-16-17(19)6-9-20(2)18(16)7-10-21(20)23-11-12-24-21/h5,8,13,16-18H,3-4,6-7,9-12H2,1-2H3/t16-,17+,18+,19+,20-/m0/s1. The number of fused-ring (bicyclic) bond motifs is 6. The minimum absolute atomic E-state index is 0.0886. The first-order valence-corrected chi connectivity index (χ1v) is 9.71. The summed E-state index contributed by atoms with van der Waals surface area (Å²) in [7, 11) is 0. The second-order valence-corrected chi connectivity index (χ2v) is 9.05. The summed E-state index contributed by atoms with van der Waals surface area (Å²) < 4.78 is 12.4. The summed E-state index contributed by atoms with van der Waals surface area (Å²) in [5, 5.41) is 0. The zero-order valence-corrected chi connectivity index (χ0v) is 14.8. The van der Waals surface area contributed by atoms with Crippen LogP contribution < -0.4 is 0 Å². The molecular weight excluding hydrogens is 300 g/mol. The van der Waals surface area contributed by atoms with Crippen molar-refractivity contribution in [1.82, 2.24) is 0 Å². The monoisotopic (exact) mass is 328 g/mol. The Hall–Kier alpha value is -0.930. The van der Waals surface area contributed by atoms with Gasteiger partial charge in [0, 0.05) is 17.3 Å². The van der Waals surface area contributed by atoms with E-state index in [2.05, 4.69) is 19.9 Å². The van der Waals surface area contributed by atoms with E-state index in [9.17, 15) is 4.79 Å². The molecule has 5 aliphatic rings. The number of ketones is 1. The molecule has 4 aliphatic carbocycles. The molecule has 0 N–H and O–H groups in total. The Morgan fingerprint density at radius 2 is 1.79 bits per heavy atom. The maximum absolute atomic E-state index is 11.8. The molecule has 3 heteroatoms. The molecule has 5 atom stereocenters. The van der Waals surface area contributed by atoms with Gasteiger partial charge in [-0.2, -0.15) is 0 Å². The summed E-state index contributed by atoms with van der Waals surface area (Å²) in [6.07, 6.45) is 12.9. The molecule has 1 spiro atoms. The molecule has 1 heterocycles. The fourth-order valence-electron chi connectivity index (χ4n) is 7.08. The zero-order chi connectivity index (χ0) is 16.6. The molecule has 0 aromatic carbocycles. The van der Waals surface area contributed by atoms with Gasteiger partial charge in [-0.1, -0.05) is 25.5 Å². The van der Waals surface area contributed by atoms with E-state index >= 15 is 0 Å². The Bertz CT molecular complexity index is 641. The second kappa shape index (κ2) is 4.82. The molecule has 24 heavy (non-hydrogen) atoms. The molecule has 5 rings (SSSR count). The molecule has 130 valence electrons. The highest BCUT2D eigenvalue weighted by Gasteiger charge is 2.66. The van der Waals surface area contributed by atoms with Crippen molar-refractivity contribution in [2.24, 2.45) is 28.6 Å².